The molecule has 0 bridgehead atoms. The Labute approximate surface area is 132 Å². The molecule has 1 aliphatic heterocycles. The summed E-state index contributed by atoms with van der Waals surface area (Å²) in [5.74, 6) is 0. The number of benzene rings is 2. The van der Waals surface area contributed by atoms with Gasteiger partial charge in [-0.2, -0.15) is 0 Å². The Morgan fingerprint density at radius 3 is 1.57 bits per heavy atom. The number of nitrogens with zero attached hydrogens (tertiary/aromatic N) is 2. The van der Waals surface area contributed by atoms with Crippen LogP contribution in [-0.2, 0) is 0 Å². The van der Waals surface area contributed by atoms with Crippen molar-refractivity contribution in [1.82, 2.24) is 0 Å². The molecule has 2 aromatic carbocycles. The smallest absolute Gasteiger partial charge is 0.0527 e. The van der Waals surface area contributed by atoms with Gasteiger partial charge < -0.3 is 15.1 Å². The van der Waals surface area contributed by atoms with E-state index in [1.807, 2.05) is 11.8 Å². The van der Waals surface area contributed by atoms with Gasteiger partial charge in [-0.1, -0.05) is 19.2 Å². The first-order valence-electron chi connectivity index (χ1n) is 6.62. The third kappa shape index (κ3) is 2.95. The highest BCUT2D eigenvalue weighted by Crippen LogP contribution is 2.46. The van der Waals surface area contributed by atoms with Crippen LogP contribution in [0.4, 0.5) is 22.7 Å². The van der Waals surface area contributed by atoms with Crippen LogP contribution in [0.5, 0.6) is 0 Å². The maximum absolute atomic E-state index is 3.51. The summed E-state index contributed by atoms with van der Waals surface area (Å²) in [6, 6.07) is 13.1. The lowest BCUT2D eigenvalue weighted by molar-refractivity contribution is 1.11. The fraction of sp³-hybridized carbons (Fsp3) is 0.294. The van der Waals surface area contributed by atoms with Crippen LogP contribution in [0.3, 0.4) is 0 Å². The van der Waals surface area contributed by atoms with Crippen molar-refractivity contribution in [2.75, 3.05) is 43.3 Å². The largest absolute Gasteiger partial charge is 0.378 e. The first-order chi connectivity index (χ1) is 9.54. The predicted molar refractivity (Wildman–Crippen MR) is 95.7 cm³/mol. The summed E-state index contributed by atoms with van der Waals surface area (Å²) < 4.78 is 0. The second-order valence-corrected chi connectivity index (χ2v) is 6.46. The Bertz CT molecular complexity index is 595. The van der Waals surface area contributed by atoms with E-state index < -0.39 is 0 Å². The molecule has 3 nitrogen and oxygen atoms in total. The maximum atomic E-state index is 3.51. The third-order valence-electron chi connectivity index (χ3n) is 3.45. The molecule has 0 saturated carbocycles. The lowest BCUT2D eigenvalue weighted by Crippen LogP contribution is -2.10. The molecule has 0 unspecified atom stereocenters. The van der Waals surface area contributed by atoms with Crippen LogP contribution in [0.15, 0.2) is 46.2 Å². The second-order valence-electron chi connectivity index (χ2n) is 5.38. The lowest BCUT2D eigenvalue weighted by atomic mass is 10.2. The molecule has 0 fully saturated rings. The molecule has 112 valence electrons. The monoisotopic (exact) mass is 301 g/mol. The van der Waals surface area contributed by atoms with Gasteiger partial charge in [0.1, 0.15) is 0 Å². The summed E-state index contributed by atoms with van der Waals surface area (Å²) in [6.45, 7) is 0. The van der Waals surface area contributed by atoms with Crippen molar-refractivity contribution in [2.45, 2.75) is 17.2 Å². The zero-order chi connectivity index (χ0) is 14.3. The molecule has 1 heterocycles. The molecule has 0 radical (unpaired) electrons. The number of hydrogen-bond acceptors (Lipinski definition) is 4. The first-order valence-corrected chi connectivity index (χ1v) is 7.44. The van der Waals surface area contributed by atoms with Crippen LogP contribution in [0.1, 0.15) is 7.43 Å². The van der Waals surface area contributed by atoms with Gasteiger partial charge in [-0.3, -0.25) is 0 Å². The standard InChI is InChI=1S/C16H19N3S.CH4/c1-18(2)11-5-7-13-15(9-11)20-16-10-12(19(3)4)6-8-14(16)17-13;/h5-10,17H,1-4H3;1H4. The van der Waals surface area contributed by atoms with Gasteiger partial charge in [0.05, 0.1) is 11.4 Å². The van der Waals surface area contributed by atoms with Crippen molar-refractivity contribution in [3.8, 4) is 0 Å². The molecule has 21 heavy (non-hydrogen) atoms. The highest BCUT2D eigenvalue weighted by Gasteiger charge is 2.17. The predicted octanol–water partition coefficient (Wildman–Crippen LogP) is 4.66. The quantitative estimate of drug-likeness (QED) is 0.741. The highest BCUT2D eigenvalue weighted by molar-refractivity contribution is 7.99. The van der Waals surface area contributed by atoms with Gasteiger partial charge in [0.25, 0.3) is 0 Å². The van der Waals surface area contributed by atoms with Crippen LogP contribution in [0.2, 0.25) is 0 Å². The Balaban J connectivity index is 0.00000161. The fourth-order valence-corrected chi connectivity index (χ4v) is 3.27. The maximum Gasteiger partial charge on any atom is 0.0527 e. The van der Waals surface area contributed by atoms with E-state index in [0.717, 1.165) is 0 Å². The van der Waals surface area contributed by atoms with Gasteiger partial charge in [0, 0.05) is 49.4 Å². The first kappa shape index (κ1) is 15.6. The molecule has 0 aromatic heterocycles. The fourth-order valence-electron chi connectivity index (χ4n) is 2.22. The Morgan fingerprint density at radius 2 is 1.19 bits per heavy atom. The molecule has 0 aliphatic carbocycles. The molecule has 0 saturated heterocycles. The number of rotatable bonds is 2. The summed E-state index contributed by atoms with van der Waals surface area (Å²) >= 11 is 1.83. The van der Waals surface area contributed by atoms with E-state index in [9.17, 15) is 0 Å². The van der Waals surface area contributed by atoms with Gasteiger partial charge in [-0.25, -0.2) is 0 Å². The lowest BCUT2D eigenvalue weighted by Gasteiger charge is -2.24. The topological polar surface area (TPSA) is 18.5 Å². The van der Waals surface area contributed by atoms with E-state index in [1.165, 1.54) is 32.5 Å². The van der Waals surface area contributed by atoms with Gasteiger partial charge in [-0.05, 0) is 36.4 Å². The van der Waals surface area contributed by atoms with Crippen LogP contribution in [0, 0.1) is 0 Å². The minimum atomic E-state index is 0. The molecule has 1 N–H and O–H groups in total. The van der Waals surface area contributed by atoms with Crippen molar-refractivity contribution in [3.05, 3.63) is 36.4 Å². The molecular weight excluding hydrogens is 278 g/mol. The van der Waals surface area contributed by atoms with Crippen LogP contribution in [-0.4, -0.2) is 28.2 Å². The number of nitrogens with one attached hydrogen (secondary N) is 1. The van der Waals surface area contributed by atoms with Crippen molar-refractivity contribution in [2.24, 2.45) is 0 Å². The number of anilines is 4. The zero-order valence-corrected chi connectivity index (χ0v) is 13.1. The second kappa shape index (κ2) is 5.90. The average molecular weight is 301 g/mol. The Hall–Kier alpha value is -1.81. The Kier molecular flexibility index (Phi) is 4.37. The molecular formula is C17H23N3S. The van der Waals surface area contributed by atoms with Crippen molar-refractivity contribution < 1.29 is 0 Å². The van der Waals surface area contributed by atoms with E-state index in [0.29, 0.717) is 0 Å². The SMILES string of the molecule is C.CN(C)c1ccc2c(c1)Sc1cc(N(C)C)ccc1N2. The van der Waals surface area contributed by atoms with Crippen LogP contribution in [0.25, 0.3) is 0 Å². The number of hydrogen-bond donors (Lipinski definition) is 1. The van der Waals surface area contributed by atoms with E-state index in [4.69, 9.17) is 0 Å². The zero-order valence-electron chi connectivity index (χ0n) is 12.3. The molecule has 4 heteroatoms. The summed E-state index contributed by atoms with van der Waals surface area (Å²) in [6.07, 6.45) is 0. The third-order valence-corrected chi connectivity index (χ3v) is 4.57. The van der Waals surface area contributed by atoms with Gasteiger partial charge in [0.2, 0.25) is 0 Å². The highest BCUT2D eigenvalue weighted by atomic mass is 32.2. The van der Waals surface area contributed by atoms with E-state index in [1.54, 1.807) is 0 Å². The van der Waals surface area contributed by atoms with Gasteiger partial charge in [0.15, 0.2) is 0 Å². The Morgan fingerprint density at radius 1 is 0.762 bits per heavy atom. The molecule has 2 aromatic rings. The van der Waals surface area contributed by atoms with Crippen molar-refractivity contribution in [3.63, 3.8) is 0 Å². The molecule has 0 atom stereocenters. The van der Waals surface area contributed by atoms with Crippen LogP contribution < -0.4 is 15.1 Å². The summed E-state index contributed by atoms with van der Waals surface area (Å²) in [5, 5.41) is 3.51. The minimum absolute atomic E-state index is 0. The number of fused-ring (bicyclic) bond motifs is 2. The van der Waals surface area contributed by atoms with E-state index in [2.05, 4.69) is 79.7 Å². The summed E-state index contributed by atoms with van der Waals surface area (Å²) in [4.78, 5) is 6.82. The molecule has 0 spiro atoms. The van der Waals surface area contributed by atoms with Crippen molar-refractivity contribution >= 4 is 34.5 Å². The molecule has 0 amide bonds. The van der Waals surface area contributed by atoms with Crippen LogP contribution >= 0.6 is 11.8 Å². The van der Waals surface area contributed by atoms with E-state index in [-0.39, 0.29) is 7.43 Å². The van der Waals surface area contributed by atoms with Gasteiger partial charge in [-0.15, -0.1) is 0 Å². The van der Waals surface area contributed by atoms with E-state index >= 15 is 0 Å². The average Bonchev–Trinajstić information content (AvgIpc) is 2.43. The summed E-state index contributed by atoms with van der Waals surface area (Å²) in [7, 11) is 8.28. The minimum Gasteiger partial charge on any atom is -0.378 e. The summed E-state index contributed by atoms with van der Waals surface area (Å²) in [5.41, 5.74) is 4.83. The molecule has 3 rings (SSSR count). The molecule has 1 aliphatic rings. The van der Waals surface area contributed by atoms with Crippen molar-refractivity contribution in [1.29, 1.82) is 0 Å². The van der Waals surface area contributed by atoms with Gasteiger partial charge >= 0.3 is 0 Å². The normalized spacial score (nSPS) is 11.6.